The standard InChI is InChI=1S/C15H31NO3/c1-5-9-10-12(6-2)14(17)13(7-3)11-19-15(18)16-8-4/h12-14,17H,5-11H2,1-4H3,(H,16,18). The third kappa shape index (κ3) is 7.41. The van der Waals surface area contributed by atoms with Gasteiger partial charge in [-0.1, -0.05) is 40.0 Å². The fourth-order valence-corrected chi connectivity index (χ4v) is 2.30. The Morgan fingerprint density at radius 2 is 1.79 bits per heavy atom. The molecule has 114 valence electrons. The number of aliphatic hydroxyl groups excluding tert-OH is 1. The normalized spacial score (nSPS) is 15.6. The van der Waals surface area contributed by atoms with E-state index in [-0.39, 0.29) is 12.0 Å². The number of amides is 1. The van der Waals surface area contributed by atoms with Crippen LogP contribution in [0.5, 0.6) is 0 Å². The third-order valence-electron chi connectivity index (χ3n) is 3.69. The number of nitrogens with one attached hydrogen (secondary N) is 1. The van der Waals surface area contributed by atoms with Crippen molar-refractivity contribution in [3.8, 4) is 0 Å². The van der Waals surface area contributed by atoms with Crippen molar-refractivity contribution in [1.29, 1.82) is 0 Å². The van der Waals surface area contributed by atoms with Crippen LogP contribution in [0.2, 0.25) is 0 Å². The van der Waals surface area contributed by atoms with Gasteiger partial charge in [0.05, 0.1) is 12.7 Å². The van der Waals surface area contributed by atoms with E-state index in [4.69, 9.17) is 4.74 Å². The van der Waals surface area contributed by atoms with Crippen molar-refractivity contribution in [3.63, 3.8) is 0 Å². The molecule has 0 aliphatic rings. The van der Waals surface area contributed by atoms with Crippen LogP contribution in [0.4, 0.5) is 4.79 Å². The van der Waals surface area contributed by atoms with Gasteiger partial charge < -0.3 is 15.2 Å². The molecule has 4 heteroatoms. The Bertz CT molecular complexity index is 233. The lowest BCUT2D eigenvalue weighted by atomic mass is 9.85. The number of aliphatic hydroxyl groups is 1. The fraction of sp³-hybridized carbons (Fsp3) is 0.933. The molecule has 4 nitrogen and oxygen atoms in total. The first kappa shape index (κ1) is 18.2. The zero-order valence-electron chi connectivity index (χ0n) is 12.9. The van der Waals surface area contributed by atoms with Crippen LogP contribution in [0.15, 0.2) is 0 Å². The Morgan fingerprint density at radius 1 is 1.16 bits per heavy atom. The molecule has 0 spiro atoms. The number of carbonyl (C=O) groups is 1. The Morgan fingerprint density at radius 3 is 2.26 bits per heavy atom. The Kier molecular flexibility index (Phi) is 10.6. The summed E-state index contributed by atoms with van der Waals surface area (Å²) in [6.07, 6.45) is 4.36. The summed E-state index contributed by atoms with van der Waals surface area (Å²) < 4.78 is 5.15. The smallest absolute Gasteiger partial charge is 0.407 e. The fourth-order valence-electron chi connectivity index (χ4n) is 2.30. The molecule has 2 N–H and O–H groups in total. The van der Waals surface area contributed by atoms with Crippen LogP contribution in [-0.4, -0.2) is 30.5 Å². The summed E-state index contributed by atoms with van der Waals surface area (Å²) in [5.41, 5.74) is 0. The minimum Gasteiger partial charge on any atom is -0.449 e. The number of carbonyl (C=O) groups excluding carboxylic acids is 1. The number of ether oxygens (including phenoxy) is 1. The van der Waals surface area contributed by atoms with Crippen molar-refractivity contribution >= 4 is 6.09 Å². The molecule has 0 aliphatic heterocycles. The Labute approximate surface area is 117 Å². The van der Waals surface area contributed by atoms with Gasteiger partial charge in [-0.2, -0.15) is 0 Å². The lowest BCUT2D eigenvalue weighted by Crippen LogP contribution is -2.34. The van der Waals surface area contributed by atoms with Gasteiger partial charge in [0.1, 0.15) is 0 Å². The van der Waals surface area contributed by atoms with E-state index in [0.717, 1.165) is 32.1 Å². The number of unbranched alkanes of at least 4 members (excludes halogenated alkanes) is 1. The Hall–Kier alpha value is -0.770. The van der Waals surface area contributed by atoms with Crippen LogP contribution in [0.25, 0.3) is 0 Å². The van der Waals surface area contributed by atoms with Gasteiger partial charge in [0.25, 0.3) is 0 Å². The van der Waals surface area contributed by atoms with E-state index in [1.165, 1.54) is 0 Å². The molecule has 0 aromatic heterocycles. The average molecular weight is 273 g/mol. The first-order valence-corrected chi connectivity index (χ1v) is 7.69. The van der Waals surface area contributed by atoms with Gasteiger partial charge in [0.2, 0.25) is 0 Å². The van der Waals surface area contributed by atoms with Gasteiger partial charge in [0, 0.05) is 12.5 Å². The van der Waals surface area contributed by atoms with Crippen LogP contribution in [0.3, 0.4) is 0 Å². The molecule has 0 saturated carbocycles. The highest BCUT2D eigenvalue weighted by Gasteiger charge is 2.26. The van der Waals surface area contributed by atoms with Crippen molar-refractivity contribution in [3.05, 3.63) is 0 Å². The quantitative estimate of drug-likeness (QED) is 0.642. The van der Waals surface area contributed by atoms with Crippen molar-refractivity contribution < 1.29 is 14.6 Å². The lowest BCUT2D eigenvalue weighted by Gasteiger charge is -2.28. The molecule has 0 rings (SSSR count). The molecule has 1 amide bonds. The number of alkyl carbamates (subject to hydrolysis) is 1. The minimum absolute atomic E-state index is 0.0319. The van der Waals surface area contributed by atoms with Crippen molar-refractivity contribution in [1.82, 2.24) is 5.32 Å². The van der Waals surface area contributed by atoms with Crippen LogP contribution >= 0.6 is 0 Å². The first-order valence-electron chi connectivity index (χ1n) is 7.69. The van der Waals surface area contributed by atoms with Crippen LogP contribution in [-0.2, 0) is 4.74 Å². The second kappa shape index (κ2) is 11.1. The third-order valence-corrected chi connectivity index (χ3v) is 3.69. The first-order chi connectivity index (χ1) is 9.10. The molecule has 0 radical (unpaired) electrons. The summed E-state index contributed by atoms with van der Waals surface area (Å²) in [6.45, 7) is 9.01. The zero-order chi connectivity index (χ0) is 14.7. The SMILES string of the molecule is CCCCC(CC)C(O)C(CC)COC(=O)NCC. The topological polar surface area (TPSA) is 58.6 Å². The monoisotopic (exact) mass is 273 g/mol. The number of rotatable bonds is 10. The molecule has 3 atom stereocenters. The summed E-state index contributed by atoms with van der Waals surface area (Å²) in [4.78, 5) is 11.3. The van der Waals surface area contributed by atoms with Crippen LogP contribution in [0, 0.1) is 11.8 Å². The summed E-state index contributed by atoms with van der Waals surface area (Å²) in [5.74, 6) is 0.340. The summed E-state index contributed by atoms with van der Waals surface area (Å²) in [7, 11) is 0. The second-order valence-corrected chi connectivity index (χ2v) is 5.10. The lowest BCUT2D eigenvalue weighted by molar-refractivity contribution is 0.00979. The summed E-state index contributed by atoms with van der Waals surface area (Å²) in [5, 5.41) is 13.0. The molecule has 0 aromatic rings. The maximum absolute atomic E-state index is 11.3. The van der Waals surface area contributed by atoms with Crippen molar-refractivity contribution in [2.75, 3.05) is 13.2 Å². The van der Waals surface area contributed by atoms with Gasteiger partial charge in [-0.25, -0.2) is 4.79 Å². The zero-order valence-corrected chi connectivity index (χ0v) is 12.9. The predicted octanol–water partition coefficient (Wildman–Crippen LogP) is 3.34. The predicted molar refractivity (Wildman–Crippen MR) is 78.1 cm³/mol. The van der Waals surface area contributed by atoms with E-state index in [2.05, 4.69) is 19.2 Å². The molecule has 0 fully saturated rings. The van der Waals surface area contributed by atoms with E-state index < -0.39 is 6.09 Å². The van der Waals surface area contributed by atoms with E-state index in [1.54, 1.807) is 0 Å². The highest BCUT2D eigenvalue weighted by atomic mass is 16.5. The maximum Gasteiger partial charge on any atom is 0.407 e. The second-order valence-electron chi connectivity index (χ2n) is 5.10. The van der Waals surface area contributed by atoms with E-state index in [9.17, 15) is 9.90 Å². The molecule has 0 heterocycles. The molecule has 3 unspecified atom stereocenters. The summed E-state index contributed by atoms with van der Waals surface area (Å²) in [6, 6.07) is 0. The van der Waals surface area contributed by atoms with Crippen molar-refractivity contribution in [2.45, 2.75) is 65.9 Å². The molecular weight excluding hydrogens is 242 g/mol. The van der Waals surface area contributed by atoms with E-state index in [1.807, 2.05) is 13.8 Å². The molecule has 0 aliphatic carbocycles. The highest BCUT2D eigenvalue weighted by Crippen LogP contribution is 2.24. The van der Waals surface area contributed by atoms with E-state index >= 15 is 0 Å². The molecule has 19 heavy (non-hydrogen) atoms. The average Bonchev–Trinajstić information content (AvgIpc) is 2.40. The van der Waals surface area contributed by atoms with Crippen LogP contribution in [0.1, 0.15) is 59.8 Å². The van der Waals surface area contributed by atoms with Gasteiger partial charge in [-0.3, -0.25) is 0 Å². The van der Waals surface area contributed by atoms with E-state index in [0.29, 0.717) is 19.1 Å². The highest BCUT2D eigenvalue weighted by molar-refractivity contribution is 5.66. The van der Waals surface area contributed by atoms with Gasteiger partial charge in [0.15, 0.2) is 0 Å². The van der Waals surface area contributed by atoms with Gasteiger partial charge in [-0.15, -0.1) is 0 Å². The van der Waals surface area contributed by atoms with Gasteiger partial charge in [-0.05, 0) is 25.7 Å². The molecule has 0 aromatic carbocycles. The molecule has 0 saturated heterocycles. The number of hydrogen-bond donors (Lipinski definition) is 2. The summed E-state index contributed by atoms with van der Waals surface area (Å²) >= 11 is 0. The van der Waals surface area contributed by atoms with Crippen molar-refractivity contribution in [2.24, 2.45) is 11.8 Å². The molecule has 0 bridgehead atoms. The van der Waals surface area contributed by atoms with Gasteiger partial charge >= 0.3 is 6.09 Å². The minimum atomic E-state index is -0.394. The number of hydrogen-bond acceptors (Lipinski definition) is 3. The molecular formula is C15H31NO3. The van der Waals surface area contributed by atoms with Crippen LogP contribution < -0.4 is 5.32 Å². The Balaban J connectivity index is 4.27. The maximum atomic E-state index is 11.3. The largest absolute Gasteiger partial charge is 0.449 e.